The zero-order valence-corrected chi connectivity index (χ0v) is 17.7. The van der Waals surface area contributed by atoms with Gasteiger partial charge >= 0.3 is 0 Å². The smallest absolute Gasteiger partial charge is 0.293 e. The normalized spacial score (nSPS) is 14.0. The Morgan fingerprint density at radius 2 is 1.94 bits per heavy atom. The minimum atomic E-state index is -0.347. The number of hydrogen-bond donors (Lipinski definition) is 1. The van der Waals surface area contributed by atoms with E-state index in [0.29, 0.717) is 28.8 Å². The third-order valence-electron chi connectivity index (χ3n) is 5.57. The molecule has 1 N–H and O–H groups in total. The molecule has 4 aromatic rings. The first-order chi connectivity index (χ1) is 15.6. The molecule has 0 unspecified atom stereocenters. The van der Waals surface area contributed by atoms with E-state index in [9.17, 15) is 9.18 Å². The Balaban J connectivity index is 1.57. The number of aromatic nitrogens is 5. The lowest BCUT2D eigenvalue weighted by Crippen LogP contribution is -2.44. The SMILES string of the molecule is CC#CCn1c(N2CCNCC2)nc2cnn(Cc3ccc4ccc(F)cc4n3)c(=O)c21. The van der Waals surface area contributed by atoms with E-state index in [2.05, 4.69) is 32.1 Å². The molecule has 32 heavy (non-hydrogen) atoms. The second kappa shape index (κ2) is 8.40. The van der Waals surface area contributed by atoms with Gasteiger partial charge in [-0.1, -0.05) is 12.0 Å². The lowest BCUT2D eigenvalue weighted by Gasteiger charge is -2.28. The van der Waals surface area contributed by atoms with Gasteiger partial charge in [0.05, 0.1) is 30.5 Å². The van der Waals surface area contributed by atoms with E-state index in [0.717, 1.165) is 37.5 Å². The predicted octanol–water partition coefficient (Wildman–Crippen LogP) is 1.76. The molecule has 1 aromatic carbocycles. The standard InChI is InChI=1S/C23H22FN7O/c1-2-3-10-30-21-20(28-23(30)29-11-8-25-9-12-29)14-26-31(22(21)32)15-18-7-5-16-4-6-17(24)13-19(16)27-18/h4-7,13-14,25H,8-12,15H2,1H3. The van der Waals surface area contributed by atoms with Gasteiger partial charge in [-0.05, 0) is 25.1 Å². The van der Waals surface area contributed by atoms with Crippen LogP contribution >= 0.6 is 0 Å². The zero-order chi connectivity index (χ0) is 22.1. The van der Waals surface area contributed by atoms with Gasteiger partial charge in [-0.3, -0.25) is 14.3 Å². The quantitative estimate of drug-likeness (QED) is 0.496. The van der Waals surface area contributed by atoms with Crippen molar-refractivity contribution >= 4 is 27.9 Å². The highest BCUT2D eigenvalue weighted by Gasteiger charge is 2.21. The number of rotatable bonds is 4. The summed E-state index contributed by atoms with van der Waals surface area (Å²) < 4.78 is 16.8. The first-order valence-corrected chi connectivity index (χ1v) is 10.5. The molecule has 1 saturated heterocycles. The molecule has 0 atom stereocenters. The van der Waals surface area contributed by atoms with E-state index in [1.807, 2.05) is 16.7 Å². The van der Waals surface area contributed by atoms with Crippen molar-refractivity contribution < 1.29 is 4.39 Å². The van der Waals surface area contributed by atoms with Gasteiger partial charge < -0.3 is 10.2 Å². The van der Waals surface area contributed by atoms with Crippen molar-refractivity contribution in [2.75, 3.05) is 31.1 Å². The number of nitrogens with zero attached hydrogens (tertiary/aromatic N) is 6. The van der Waals surface area contributed by atoms with Crippen molar-refractivity contribution in [3.05, 3.63) is 58.4 Å². The Kier molecular flexibility index (Phi) is 5.29. The lowest BCUT2D eigenvalue weighted by atomic mass is 10.2. The molecule has 0 amide bonds. The van der Waals surface area contributed by atoms with Gasteiger partial charge in [0, 0.05) is 37.6 Å². The van der Waals surface area contributed by atoms with Crippen LogP contribution in [0, 0.1) is 17.7 Å². The van der Waals surface area contributed by atoms with E-state index < -0.39 is 0 Å². The van der Waals surface area contributed by atoms with Crippen LogP contribution in [0.4, 0.5) is 10.3 Å². The molecule has 1 aliphatic rings. The summed E-state index contributed by atoms with van der Waals surface area (Å²) in [6, 6.07) is 8.16. The summed E-state index contributed by atoms with van der Waals surface area (Å²) in [4.78, 5) is 24.8. The number of benzene rings is 1. The number of fused-ring (bicyclic) bond motifs is 2. The number of pyridine rings is 1. The first-order valence-electron chi connectivity index (χ1n) is 10.5. The van der Waals surface area contributed by atoms with Gasteiger partial charge in [-0.25, -0.2) is 14.1 Å². The van der Waals surface area contributed by atoms with Crippen molar-refractivity contribution in [2.45, 2.75) is 20.0 Å². The van der Waals surface area contributed by atoms with Gasteiger partial charge in [0.2, 0.25) is 5.95 Å². The van der Waals surface area contributed by atoms with Crippen LogP contribution < -0.4 is 15.8 Å². The minimum absolute atomic E-state index is 0.175. The first kappa shape index (κ1) is 20.2. The molecule has 5 rings (SSSR count). The largest absolute Gasteiger partial charge is 0.340 e. The molecular formula is C23H22FN7O. The summed E-state index contributed by atoms with van der Waals surface area (Å²) in [6.07, 6.45) is 1.61. The van der Waals surface area contributed by atoms with Gasteiger partial charge in [0.25, 0.3) is 5.56 Å². The summed E-state index contributed by atoms with van der Waals surface area (Å²) in [7, 11) is 0. The summed E-state index contributed by atoms with van der Waals surface area (Å²) in [6.45, 7) is 5.66. The molecule has 162 valence electrons. The highest BCUT2D eigenvalue weighted by atomic mass is 19.1. The molecule has 9 heteroatoms. The van der Waals surface area contributed by atoms with Gasteiger partial charge in [-0.15, -0.1) is 5.92 Å². The fourth-order valence-corrected chi connectivity index (χ4v) is 3.97. The molecule has 0 bridgehead atoms. The molecule has 0 saturated carbocycles. The topological polar surface area (TPSA) is 80.9 Å². The maximum absolute atomic E-state index is 13.6. The van der Waals surface area contributed by atoms with Crippen LogP contribution in [-0.4, -0.2) is 50.5 Å². The van der Waals surface area contributed by atoms with Crippen LogP contribution in [0.3, 0.4) is 0 Å². The van der Waals surface area contributed by atoms with E-state index in [-0.39, 0.29) is 17.9 Å². The number of halogens is 1. The molecule has 0 spiro atoms. The van der Waals surface area contributed by atoms with Crippen molar-refractivity contribution in [3.8, 4) is 11.8 Å². The molecular weight excluding hydrogens is 409 g/mol. The molecule has 4 heterocycles. The third kappa shape index (κ3) is 3.69. The average molecular weight is 431 g/mol. The fraction of sp³-hybridized carbons (Fsp3) is 0.304. The van der Waals surface area contributed by atoms with Crippen LogP contribution in [0.25, 0.3) is 21.9 Å². The van der Waals surface area contributed by atoms with Crippen LogP contribution in [-0.2, 0) is 13.1 Å². The van der Waals surface area contributed by atoms with Gasteiger partial charge in [0.1, 0.15) is 16.9 Å². The van der Waals surface area contributed by atoms with Crippen LogP contribution in [0.5, 0.6) is 0 Å². The summed E-state index contributed by atoms with van der Waals surface area (Å²) >= 11 is 0. The molecule has 1 fully saturated rings. The van der Waals surface area contributed by atoms with Crippen LogP contribution in [0.1, 0.15) is 12.6 Å². The highest BCUT2D eigenvalue weighted by Crippen LogP contribution is 2.20. The molecule has 0 aliphatic carbocycles. The summed E-state index contributed by atoms with van der Waals surface area (Å²) in [5.41, 5.74) is 1.93. The average Bonchev–Trinajstić information content (AvgIpc) is 3.19. The Labute approximate surface area is 183 Å². The fourth-order valence-electron chi connectivity index (χ4n) is 3.97. The van der Waals surface area contributed by atoms with Crippen molar-refractivity contribution in [1.29, 1.82) is 0 Å². The van der Waals surface area contributed by atoms with Crippen molar-refractivity contribution in [1.82, 2.24) is 29.6 Å². The Morgan fingerprint density at radius 1 is 1.12 bits per heavy atom. The number of imidazole rings is 1. The monoisotopic (exact) mass is 431 g/mol. The van der Waals surface area contributed by atoms with Crippen LogP contribution in [0.15, 0.2) is 41.3 Å². The zero-order valence-electron chi connectivity index (χ0n) is 17.7. The Bertz CT molecular complexity index is 1420. The van der Waals surface area contributed by atoms with Gasteiger partial charge in [-0.2, -0.15) is 5.10 Å². The van der Waals surface area contributed by atoms with E-state index in [1.54, 1.807) is 19.2 Å². The Hall–Kier alpha value is -3.77. The maximum Gasteiger partial charge on any atom is 0.293 e. The molecule has 1 aliphatic heterocycles. The molecule has 8 nitrogen and oxygen atoms in total. The Morgan fingerprint density at radius 3 is 2.75 bits per heavy atom. The van der Waals surface area contributed by atoms with E-state index >= 15 is 0 Å². The predicted molar refractivity (Wildman–Crippen MR) is 121 cm³/mol. The third-order valence-corrected chi connectivity index (χ3v) is 5.57. The van der Waals surface area contributed by atoms with E-state index in [4.69, 9.17) is 4.98 Å². The second-order valence-electron chi connectivity index (χ2n) is 7.64. The van der Waals surface area contributed by atoms with Gasteiger partial charge in [0.15, 0.2) is 0 Å². The summed E-state index contributed by atoms with van der Waals surface area (Å²) in [5, 5.41) is 8.49. The highest BCUT2D eigenvalue weighted by molar-refractivity contribution is 5.79. The van der Waals surface area contributed by atoms with E-state index in [1.165, 1.54) is 16.8 Å². The van der Waals surface area contributed by atoms with Crippen molar-refractivity contribution in [3.63, 3.8) is 0 Å². The number of nitrogens with one attached hydrogen (secondary N) is 1. The number of piperazine rings is 1. The van der Waals surface area contributed by atoms with Crippen molar-refractivity contribution in [2.24, 2.45) is 0 Å². The second-order valence-corrected chi connectivity index (χ2v) is 7.64. The maximum atomic E-state index is 13.6. The lowest BCUT2D eigenvalue weighted by molar-refractivity contribution is 0.572. The number of anilines is 1. The molecule has 3 aromatic heterocycles. The van der Waals surface area contributed by atoms with Crippen LogP contribution in [0.2, 0.25) is 0 Å². The summed E-state index contributed by atoms with van der Waals surface area (Å²) in [5.74, 6) is 6.35. The number of hydrogen-bond acceptors (Lipinski definition) is 6. The minimum Gasteiger partial charge on any atom is -0.340 e. The molecule has 0 radical (unpaired) electrons.